The van der Waals surface area contributed by atoms with Gasteiger partial charge in [-0.05, 0) is 43.7 Å². The van der Waals surface area contributed by atoms with Gasteiger partial charge in [-0.3, -0.25) is 9.59 Å². The normalized spacial score (nSPS) is 10.8. The second kappa shape index (κ2) is 7.89. The molecule has 3 N–H and O–H groups in total. The molecule has 0 atom stereocenters. The third-order valence-corrected chi connectivity index (χ3v) is 5.40. The first-order chi connectivity index (χ1) is 12.8. The van der Waals surface area contributed by atoms with E-state index >= 15 is 0 Å². The fraction of sp³-hybridized carbons (Fsp3) is 0.222. The molecule has 0 bridgehead atoms. The molecule has 7 nitrogen and oxygen atoms in total. The van der Waals surface area contributed by atoms with Crippen LogP contribution in [0.4, 0.5) is 5.00 Å². The van der Waals surface area contributed by atoms with Crippen LogP contribution >= 0.6 is 22.9 Å². The number of anilines is 1. The summed E-state index contributed by atoms with van der Waals surface area (Å²) in [4.78, 5) is 29.1. The number of thiophene rings is 1. The summed E-state index contributed by atoms with van der Waals surface area (Å²) in [5.74, 6) is -0.0342. The lowest BCUT2D eigenvalue weighted by atomic mass is 10.1. The van der Waals surface area contributed by atoms with Gasteiger partial charge >= 0.3 is 0 Å². The second-order valence-corrected chi connectivity index (χ2v) is 7.58. The molecule has 3 aromatic rings. The fourth-order valence-corrected chi connectivity index (χ4v) is 3.70. The van der Waals surface area contributed by atoms with E-state index in [-0.39, 0.29) is 18.7 Å². The Labute approximate surface area is 164 Å². The van der Waals surface area contributed by atoms with Gasteiger partial charge in [0.25, 0.3) is 5.91 Å². The highest BCUT2D eigenvalue weighted by molar-refractivity contribution is 7.16. The predicted octanol–water partition coefficient (Wildman–Crippen LogP) is 3.74. The standard InChI is InChI=1S/C18H17ClN4O3S/c1-9-10(2)27-18(15(9)16(20)25)21-13(24)7-8-14-22-17(23-26-14)11-3-5-12(19)6-4-11/h3-6H,7-8H2,1-2H3,(H2,20,25)(H,21,24). The molecule has 3 rings (SSSR count). The van der Waals surface area contributed by atoms with Crippen LogP contribution in [0.2, 0.25) is 5.02 Å². The molecule has 0 aliphatic carbocycles. The zero-order valence-corrected chi connectivity index (χ0v) is 16.3. The minimum Gasteiger partial charge on any atom is -0.365 e. The minimum absolute atomic E-state index is 0.135. The quantitative estimate of drug-likeness (QED) is 0.650. The van der Waals surface area contributed by atoms with E-state index in [0.29, 0.717) is 27.3 Å². The molecule has 0 fully saturated rings. The molecule has 0 saturated carbocycles. The van der Waals surface area contributed by atoms with Gasteiger partial charge in [0.05, 0.1) is 5.56 Å². The molecule has 0 spiro atoms. The summed E-state index contributed by atoms with van der Waals surface area (Å²) in [5, 5.41) is 7.74. The summed E-state index contributed by atoms with van der Waals surface area (Å²) in [6, 6.07) is 7.05. The number of primary amides is 1. The van der Waals surface area contributed by atoms with E-state index in [1.54, 1.807) is 31.2 Å². The maximum absolute atomic E-state index is 12.2. The Morgan fingerprint density at radius 1 is 1.26 bits per heavy atom. The number of amides is 2. The van der Waals surface area contributed by atoms with Gasteiger partial charge in [0.15, 0.2) is 0 Å². The van der Waals surface area contributed by atoms with Crippen molar-refractivity contribution in [2.24, 2.45) is 5.73 Å². The van der Waals surface area contributed by atoms with Crippen LogP contribution in [0, 0.1) is 13.8 Å². The van der Waals surface area contributed by atoms with Crippen molar-refractivity contribution in [2.45, 2.75) is 26.7 Å². The lowest BCUT2D eigenvalue weighted by molar-refractivity contribution is -0.116. The fourth-order valence-electron chi connectivity index (χ4n) is 2.49. The van der Waals surface area contributed by atoms with Crippen molar-refractivity contribution >= 4 is 39.8 Å². The van der Waals surface area contributed by atoms with Crippen LogP contribution in [-0.2, 0) is 11.2 Å². The van der Waals surface area contributed by atoms with Crippen molar-refractivity contribution in [1.82, 2.24) is 10.1 Å². The Hall–Kier alpha value is -2.71. The Kier molecular flexibility index (Phi) is 5.57. The van der Waals surface area contributed by atoms with Crippen LogP contribution in [-0.4, -0.2) is 22.0 Å². The highest BCUT2D eigenvalue weighted by Gasteiger charge is 2.19. The summed E-state index contributed by atoms with van der Waals surface area (Å²) >= 11 is 7.19. The van der Waals surface area contributed by atoms with Crippen LogP contribution in [0.5, 0.6) is 0 Å². The molecule has 0 unspecified atom stereocenters. The number of benzene rings is 1. The first-order valence-electron chi connectivity index (χ1n) is 8.13. The number of aryl methyl sites for hydroxylation is 2. The SMILES string of the molecule is Cc1sc(NC(=O)CCc2nc(-c3ccc(Cl)cc3)no2)c(C(N)=O)c1C. The Morgan fingerprint density at radius 2 is 1.96 bits per heavy atom. The molecule has 0 radical (unpaired) electrons. The number of rotatable bonds is 6. The first kappa shape index (κ1) is 19.1. The zero-order chi connectivity index (χ0) is 19.6. The molecule has 0 aliphatic rings. The summed E-state index contributed by atoms with van der Waals surface area (Å²) < 4.78 is 5.19. The summed E-state index contributed by atoms with van der Waals surface area (Å²) in [7, 11) is 0. The van der Waals surface area contributed by atoms with Gasteiger partial charge in [-0.15, -0.1) is 11.3 Å². The molecule has 2 aromatic heterocycles. The van der Waals surface area contributed by atoms with Crippen LogP contribution in [0.1, 0.15) is 33.1 Å². The van der Waals surface area contributed by atoms with E-state index < -0.39 is 5.91 Å². The predicted molar refractivity (Wildman–Crippen MR) is 104 cm³/mol. The second-order valence-electron chi connectivity index (χ2n) is 5.92. The van der Waals surface area contributed by atoms with E-state index in [0.717, 1.165) is 16.0 Å². The van der Waals surface area contributed by atoms with E-state index in [1.165, 1.54) is 11.3 Å². The number of nitrogens with one attached hydrogen (secondary N) is 1. The Balaban J connectivity index is 1.63. The molecule has 27 heavy (non-hydrogen) atoms. The number of nitrogens with zero attached hydrogens (tertiary/aromatic N) is 2. The van der Waals surface area contributed by atoms with Crippen LogP contribution < -0.4 is 11.1 Å². The van der Waals surface area contributed by atoms with E-state index in [1.807, 2.05) is 6.92 Å². The lowest BCUT2D eigenvalue weighted by Crippen LogP contribution is -2.17. The number of carbonyl (C=O) groups is 2. The van der Waals surface area contributed by atoms with Crippen LogP contribution in [0.15, 0.2) is 28.8 Å². The van der Waals surface area contributed by atoms with Gasteiger partial charge in [0, 0.05) is 28.3 Å². The third-order valence-electron chi connectivity index (χ3n) is 4.02. The van der Waals surface area contributed by atoms with Crippen LogP contribution in [0.3, 0.4) is 0 Å². The molecular formula is C18H17ClN4O3S. The third kappa shape index (κ3) is 4.35. The van der Waals surface area contributed by atoms with E-state index in [2.05, 4.69) is 15.5 Å². The molecule has 2 amide bonds. The van der Waals surface area contributed by atoms with Crippen molar-refractivity contribution in [3.05, 3.63) is 51.2 Å². The number of hydrogen-bond donors (Lipinski definition) is 2. The van der Waals surface area contributed by atoms with Crippen molar-refractivity contribution in [3.8, 4) is 11.4 Å². The molecule has 0 saturated heterocycles. The number of halogens is 1. The number of carbonyl (C=O) groups excluding carboxylic acids is 2. The van der Waals surface area contributed by atoms with Gasteiger partial charge < -0.3 is 15.6 Å². The average molecular weight is 405 g/mol. The summed E-state index contributed by atoms with van der Waals surface area (Å²) in [6.45, 7) is 3.68. The minimum atomic E-state index is -0.559. The van der Waals surface area contributed by atoms with Gasteiger partial charge in [-0.2, -0.15) is 4.98 Å². The Morgan fingerprint density at radius 3 is 2.63 bits per heavy atom. The highest BCUT2D eigenvalue weighted by Crippen LogP contribution is 2.32. The van der Waals surface area contributed by atoms with Crippen LogP contribution in [0.25, 0.3) is 11.4 Å². The highest BCUT2D eigenvalue weighted by atomic mass is 35.5. The lowest BCUT2D eigenvalue weighted by Gasteiger charge is -2.04. The summed E-state index contributed by atoms with van der Waals surface area (Å²) in [6.07, 6.45) is 0.415. The molecule has 1 aromatic carbocycles. The van der Waals surface area contributed by atoms with E-state index in [9.17, 15) is 9.59 Å². The molecule has 9 heteroatoms. The van der Waals surface area contributed by atoms with Crippen molar-refractivity contribution in [3.63, 3.8) is 0 Å². The van der Waals surface area contributed by atoms with Gasteiger partial charge in [0.1, 0.15) is 5.00 Å². The Bertz CT molecular complexity index is 995. The summed E-state index contributed by atoms with van der Waals surface area (Å²) in [5.41, 5.74) is 7.32. The molecule has 140 valence electrons. The van der Waals surface area contributed by atoms with Crippen molar-refractivity contribution in [2.75, 3.05) is 5.32 Å². The molecule has 2 heterocycles. The largest absolute Gasteiger partial charge is 0.365 e. The molecule has 0 aliphatic heterocycles. The number of nitrogens with two attached hydrogens (primary N) is 1. The number of aromatic nitrogens is 2. The first-order valence-corrected chi connectivity index (χ1v) is 9.32. The molecular weight excluding hydrogens is 388 g/mol. The van der Waals surface area contributed by atoms with Gasteiger partial charge in [-0.25, -0.2) is 0 Å². The van der Waals surface area contributed by atoms with Gasteiger partial charge in [0.2, 0.25) is 17.6 Å². The monoisotopic (exact) mass is 404 g/mol. The van der Waals surface area contributed by atoms with E-state index in [4.69, 9.17) is 21.9 Å². The maximum atomic E-state index is 12.2. The van der Waals surface area contributed by atoms with Gasteiger partial charge in [-0.1, -0.05) is 16.8 Å². The smallest absolute Gasteiger partial charge is 0.251 e. The topological polar surface area (TPSA) is 111 Å². The maximum Gasteiger partial charge on any atom is 0.251 e. The average Bonchev–Trinajstić information content (AvgIpc) is 3.19. The zero-order valence-electron chi connectivity index (χ0n) is 14.7. The van der Waals surface area contributed by atoms with Crippen molar-refractivity contribution < 1.29 is 14.1 Å². The van der Waals surface area contributed by atoms with Crippen molar-refractivity contribution in [1.29, 1.82) is 0 Å². The number of hydrogen-bond acceptors (Lipinski definition) is 6.